The van der Waals surface area contributed by atoms with E-state index in [2.05, 4.69) is 10.3 Å². The Hall–Kier alpha value is -2.82. The topological polar surface area (TPSA) is 56.2 Å². The number of ether oxygens (including phenoxy) is 1. The van der Waals surface area contributed by atoms with Gasteiger partial charge in [0, 0.05) is 12.1 Å². The molecule has 5 nitrogen and oxygen atoms in total. The molecule has 3 rings (SSSR count). The van der Waals surface area contributed by atoms with Crippen LogP contribution in [-0.4, -0.2) is 22.6 Å². The van der Waals surface area contributed by atoms with Crippen LogP contribution in [0.4, 0.5) is 5.69 Å². The maximum Gasteiger partial charge on any atom is 0.224 e. The maximum atomic E-state index is 11.7. The number of carbonyl (C=O) groups excluding carboxylic acids is 1. The lowest BCUT2D eigenvalue weighted by Crippen LogP contribution is -2.10. The lowest BCUT2D eigenvalue weighted by molar-refractivity contribution is -0.116. The predicted molar refractivity (Wildman–Crippen MR) is 91.2 cm³/mol. The highest BCUT2D eigenvalue weighted by molar-refractivity contribution is 5.93. The Balaban J connectivity index is 1.97. The van der Waals surface area contributed by atoms with Gasteiger partial charge in [-0.25, -0.2) is 4.98 Å². The summed E-state index contributed by atoms with van der Waals surface area (Å²) in [6.45, 7) is 1.98. The number of aromatic nitrogens is 2. The highest BCUT2D eigenvalue weighted by Crippen LogP contribution is 2.27. The molecule has 0 atom stereocenters. The Morgan fingerprint density at radius 2 is 2.09 bits per heavy atom. The van der Waals surface area contributed by atoms with Gasteiger partial charge >= 0.3 is 0 Å². The maximum absolute atomic E-state index is 11.7. The van der Waals surface area contributed by atoms with Gasteiger partial charge in [0.25, 0.3) is 0 Å². The van der Waals surface area contributed by atoms with Crippen molar-refractivity contribution < 1.29 is 9.53 Å². The van der Waals surface area contributed by atoms with Crippen molar-refractivity contribution in [2.24, 2.45) is 0 Å². The van der Waals surface area contributed by atoms with Gasteiger partial charge in [-0.3, -0.25) is 9.36 Å². The molecule has 23 heavy (non-hydrogen) atoms. The molecule has 1 amide bonds. The zero-order valence-corrected chi connectivity index (χ0v) is 13.2. The van der Waals surface area contributed by atoms with Gasteiger partial charge in [-0.1, -0.05) is 19.1 Å². The van der Waals surface area contributed by atoms with E-state index in [0.29, 0.717) is 6.42 Å². The fourth-order valence-corrected chi connectivity index (χ4v) is 2.56. The molecular weight excluding hydrogens is 290 g/mol. The lowest BCUT2D eigenvalue weighted by atomic mass is 10.2. The van der Waals surface area contributed by atoms with Gasteiger partial charge in [0.15, 0.2) is 0 Å². The fourth-order valence-electron chi connectivity index (χ4n) is 2.56. The molecule has 0 saturated heterocycles. The standard InChI is InChI=1S/C18H19N3O2/c1-3-6-18(22)20-13-9-10-15-14(11-13)19-12-21(15)16-7-4-5-8-17(16)23-2/h4-5,7-12H,3,6H2,1-2H3,(H,20,22). The second-order valence-electron chi connectivity index (χ2n) is 5.29. The van der Waals surface area contributed by atoms with Crippen molar-refractivity contribution in [1.82, 2.24) is 9.55 Å². The van der Waals surface area contributed by atoms with E-state index in [9.17, 15) is 4.79 Å². The number of carbonyl (C=O) groups is 1. The molecule has 0 saturated carbocycles. The predicted octanol–water partition coefficient (Wildman–Crippen LogP) is 3.77. The van der Waals surface area contributed by atoms with Crippen LogP contribution in [0.3, 0.4) is 0 Å². The molecule has 5 heteroatoms. The molecule has 2 aromatic carbocycles. The average molecular weight is 309 g/mol. The number of methoxy groups -OCH3 is 1. The molecule has 0 aliphatic rings. The summed E-state index contributed by atoms with van der Waals surface area (Å²) in [5.74, 6) is 0.808. The molecule has 1 heterocycles. The van der Waals surface area contributed by atoms with Crippen molar-refractivity contribution in [3.05, 3.63) is 48.8 Å². The number of nitrogens with zero attached hydrogens (tertiary/aromatic N) is 2. The number of hydrogen-bond acceptors (Lipinski definition) is 3. The van der Waals surface area contributed by atoms with Crippen LogP contribution >= 0.6 is 0 Å². The van der Waals surface area contributed by atoms with Crippen LogP contribution in [0.25, 0.3) is 16.7 Å². The first-order chi connectivity index (χ1) is 11.2. The quantitative estimate of drug-likeness (QED) is 0.780. The largest absolute Gasteiger partial charge is 0.495 e. The summed E-state index contributed by atoms with van der Waals surface area (Å²) in [7, 11) is 1.65. The van der Waals surface area contributed by atoms with Crippen LogP contribution in [0.5, 0.6) is 5.75 Å². The summed E-state index contributed by atoms with van der Waals surface area (Å²) in [4.78, 5) is 16.1. The van der Waals surface area contributed by atoms with E-state index in [1.807, 2.05) is 54.0 Å². The van der Waals surface area contributed by atoms with Crippen LogP contribution in [-0.2, 0) is 4.79 Å². The van der Waals surface area contributed by atoms with Gasteiger partial charge in [-0.15, -0.1) is 0 Å². The third-order valence-electron chi connectivity index (χ3n) is 3.65. The summed E-state index contributed by atoms with van der Waals surface area (Å²) in [6, 6.07) is 13.5. The number of amides is 1. The number of benzene rings is 2. The van der Waals surface area contributed by atoms with Crippen molar-refractivity contribution in [3.63, 3.8) is 0 Å². The molecule has 1 aromatic heterocycles. The molecule has 3 aromatic rings. The third kappa shape index (κ3) is 3.04. The van der Waals surface area contributed by atoms with E-state index < -0.39 is 0 Å². The minimum Gasteiger partial charge on any atom is -0.495 e. The van der Waals surface area contributed by atoms with E-state index in [0.717, 1.165) is 34.6 Å². The summed E-state index contributed by atoms with van der Waals surface area (Å²) in [6.07, 6.45) is 3.12. The van der Waals surface area contributed by atoms with Crippen molar-refractivity contribution in [1.29, 1.82) is 0 Å². The summed E-state index contributed by atoms with van der Waals surface area (Å²) in [5.41, 5.74) is 3.48. The Kier molecular flexibility index (Phi) is 4.28. The second-order valence-corrected chi connectivity index (χ2v) is 5.29. The minimum atomic E-state index is 0.0241. The van der Waals surface area contributed by atoms with Crippen molar-refractivity contribution >= 4 is 22.6 Å². The number of anilines is 1. The summed E-state index contributed by atoms with van der Waals surface area (Å²) in [5, 5.41) is 2.89. The van der Waals surface area contributed by atoms with Gasteiger partial charge in [-0.2, -0.15) is 0 Å². The monoisotopic (exact) mass is 309 g/mol. The Labute approximate surface area is 134 Å². The first-order valence-electron chi connectivity index (χ1n) is 7.63. The minimum absolute atomic E-state index is 0.0241. The molecule has 1 N–H and O–H groups in total. The highest BCUT2D eigenvalue weighted by Gasteiger charge is 2.10. The number of para-hydroxylation sites is 2. The smallest absolute Gasteiger partial charge is 0.224 e. The van der Waals surface area contributed by atoms with Crippen LogP contribution in [0.2, 0.25) is 0 Å². The van der Waals surface area contributed by atoms with Crippen molar-refractivity contribution in [2.75, 3.05) is 12.4 Å². The first kappa shape index (κ1) is 15.1. The Morgan fingerprint density at radius 1 is 1.26 bits per heavy atom. The Morgan fingerprint density at radius 3 is 2.87 bits per heavy atom. The third-order valence-corrected chi connectivity index (χ3v) is 3.65. The lowest BCUT2D eigenvalue weighted by Gasteiger charge is -2.10. The number of fused-ring (bicyclic) bond motifs is 1. The molecule has 0 bridgehead atoms. The second kappa shape index (κ2) is 6.52. The summed E-state index contributed by atoms with van der Waals surface area (Å²) >= 11 is 0. The van der Waals surface area contributed by atoms with E-state index in [-0.39, 0.29) is 5.91 Å². The molecule has 0 aliphatic heterocycles. The molecule has 0 spiro atoms. The van der Waals surface area contributed by atoms with Crippen molar-refractivity contribution in [3.8, 4) is 11.4 Å². The molecule has 118 valence electrons. The number of nitrogens with one attached hydrogen (secondary N) is 1. The van der Waals surface area contributed by atoms with Crippen LogP contribution in [0.1, 0.15) is 19.8 Å². The zero-order valence-electron chi connectivity index (χ0n) is 13.2. The van der Waals surface area contributed by atoms with E-state index in [4.69, 9.17) is 4.74 Å². The summed E-state index contributed by atoms with van der Waals surface area (Å²) < 4.78 is 7.39. The van der Waals surface area contributed by atoms with Crippen molar-refractivity contribution in [2.45, 2.75) is 19.8 Å². The van der Waals surface area contributed by atoms with Crippen LogP contribution < -0.4 is 10.1 Å². The molecule has 0 fully saturated rings. The van der Waals surface area contributed by atoms with Gasteiger partial charge < -0.3 is 10.1 Å². The average Bonchev–Trinajstić information content (AvgIpc) is 2.98. The van der Waals surface area contributed by atoms with E-state index >= 15 is 0 Å². The fraction of sp³-hybridized carbons (Fsp3) is 0.222. The van der Waals surface area contributed by atoms with Crippen LogP contribution in [0.15, 0.2) is 48.8 Å². The van der Waals surface area contributed by atoms with Gasteiger partial charge in [0.2, 0.25) is 5.91 Å². The number of imidazole rings is 1. The first-order valence-corrected chi connectivity index (χ1v) is 7.63. The Bertz CT molecular complexity index is 839. The molecule has 0 aliphatic carbocycles. The molecule has 0 unspecified atom stereocenters. The highest BCUT2D eigenvalue weighted by atomic mass is 16.5. The van der Waals surface area contributed by atoms with Gasteiger partial charge in [-0.05, 0) is 36.8 Å². The van der Waals surface area contributed by atoms with E-state index in [1.54, 1.807) is 13.4 Å². The number of rotatable bonds is 5. The molecular formula is C18H19N3O2. The van der Waals surface area contributed by atoms with Gasteiger partial charge in [0.05, 0.1) is 23.8 Å². The normalized spacial score (nSPS) is 10.7. The van der Waals surface area contributed by atoms with Gasteiger partial charge in [0.1, 0.15) is 12.1 Å². The molecule has 0 radical (unpaired) electrons. The zero-order chi connectivity index (χ0) is 16.2. The van der Waals surface area contributed by atoms with E-state index in [1.165, 1.54) is 0 Å². The van der Waals surface area contributed by atoms with Crippen LogP contribution in [0, 0.1) is 0 Å². The SMILES string of the molecule is CCCC(=O)Nc1ccc2c(c1)ncn2-c1ccccc1OC. The number of hydrogen-bond donors (Lipinski definition) is 1.